The topological polar surface area (TPSA) is 73.9 Å². The van der Waals surface area contributed by atoms with Crippen LogP contribution in [0.2, 0.25) is 0 Å². The normalized spacial score (nSPS) is 12.6. The first-order valence-electron chi connectivity index (χ1n) is 14.1. The van der Waals surface area contributed by atoms with Gasteiger partial charge in [0.25, 0.3) is 0 Å². The van der Waals surface area contributed by atoms with Crippen LogP contribution in [0.3, 0.4) is 0 Å². The minimum atomic E-state index is -4.60. The molecule has 0 aromatic heterocycles. The molecule has 0 aliphatic rings. The summed E-state index contributed by atoms with van der Waals surface area (Å²) in [5.41, 5.74) is 0.630. The Balaban J connectivity index is 2.37. The van der Waals surface area contributed by atoms with Crippen LogP contribution in [0.4, 0.5) is 13.2 Å². The van der Waals surface area contributed by atoms with Gasteiger partial charge in [-0.15, -0.1) is 0 Å². The number of ether oxygens (including phenoxy) is 1. The van der Waals surface area contributed by atoms with Crippen molar-refractivity contribution in [1.29, 1.82) is 10.5 Å². The molecule has 3 aromatic rings. The van der Waals surface area contributed by atoms with Gasteiger partial charge in [0.05, 0.1) is 28.9 Å². The van der Waals surface area contributed by atoms with Crippen molar-refractivity contribution in [3.05, 3.63) is 88.0 Å². The number of nitriles is 2. The van der Waals surface area contributed by atoms with Crippen LogP contribution in [-0.2, 0) is 10.2 Å². The fourth-order valence-electron chi connectivity index (χ4n) is 4.69. The first-order valence-corrected chi connectivity index (χ1v) is 14.9. The lowest BCUT2D eigenvalue weighted by Crippen LogP contribution is -2.12. The lowest BCUT2D eigenvalue weighted by Gasteiger charge is -2.23. The van der Waals surface area contributed by atoms with Gasteiger partial charge in [0.2, 0.25) is 0 Å². The molecular formula is C35H35F3N2O2S. The Morgan fingerprint density at radius 1 is 1.02 bits per heavy atom. The summed E-state index contributed by atoms with van der Waals surface area (Å²) in [6.45, 7) is 11.3. The van der Waals surface area contributed by atoms with Gasteiger partial charge in [-0.1, -0.05) is 76.6 Å². The molecule has 0 saturated heterocycles. The van der Waals surface area contributed by atoms with E-state index in [1.807, 2.05) is 32.9 Å². The number of carbonyl (C=O) groups is 1. The van der Waals surface area contributed by atoms with Gasteiger partial charge < -0.3 is 4.74 Å². The molecule has 0 N–H and O–H groups in total. The Morgan fingerprint density at radius 3 is 2.30 bits per heavy atom. The van der Waals surface area contributed by atoms with Gasteiger partial charge in [-0.25, -0.2) is 4.79 Å². The first kappa shape index (κ1) is 33.5. The van der Waals surface area contributed by atoms with Crippen molar-refractivity contribution in [1.82, 2.24) is 0 Å². The highest BCUT2D eigenvalue weighted by atomic mass is 32.2. The van der Waals surface area contributed by atoms with Crippen molar-refractivity contribution in [2.75, 3.05) is 6.61 Å². The highest BCUT2D eigenvalue weighted by Gasteiger charge is 2.32. The second-order valence-electron chi connectivity index (χ2n) is 11.2. The quantitative estimate of drug-likeness (QED) is 0.138. The number of hydrogen-bond acceptors (Lipinski definition) is 5. The van der Waals surface area contributed by atoms with E-state index in [1.54, 1.807) is 30.3 Å². The molecule has 0 saturated carbocycles. The van der Waals surface area contributed by atoms with Crippen molar-refractivity contribution in [3.8, 4) is 12.1 Å². The molecule has 0 aliphatic heterocycles. The molecule has 0 aliphatic carbocycles. The number of benzene rings is 3. The maximum Gasteiger partial charge on any atom is 0.416 e. The number of rotatable bonds is 9. The van der Waals surface area contributed by atoms with Gasteiger partial charge in [0.1, 0.15) is 12.1 Å². The van der Waals surface area contributed by atoms with E-state index < -0.39 is 17.7 Å². The molecule has 0 radical (unpaired) electrons. The predicted molar refractivity (Wildman–Crippen MR) is 166 cm³/mol. The third-order valence-corrected chi connectivity index (χ3v) is 8.13. The molecule has 3 aromatic carbocycles. The third kappa shape index (κ3) is 7.89. The summed E-state index contributed by atoms with van der Waals surface area (Å²) < 4.78 is 46.8. The zero-order valence-corrected chi connectivity index (χ0v) is 26.1. The van der Waals surface area contributed by atoms with E-state index in [2.05, 4.69) is 19.1 Å². The molecule has 0 amide bonds. The van der Waals surface area contributed by atoms with E-state index in [9.17, 15) is 28.5 Å². The Hall–Kier alpha value is -4.01. The van der Waals surface area contributed by atoms with Crippen molar-refractivity contribution < 1.29 is 22.7 Å². The molecule has 224 valence electrons. The molecule has 3 rings (SSSR count). The summed E-state index contributed by atoms with van der Waals surface area (Å²) in [6, 6.07) is 16.6. The molecule has 0 spiro atoms. The van der Waals surface area contributed by atoms with Crippen LogP contribution in [0, 0.1) is 22.7 Å². The molecule has 0 unspecified atom stereocenters. The number of fused-ring (bicyclic) bond motifs is 1. The molecule has 8 heteroatoms. The Labute approximate surface area is 255 Å². The smallest absolute Gasteiger partial charge is 0.416 e. The van der Waals surface area contributed by atoms with Gasteiger partial charge in [0.15, 0.2) is 0 Å². The lowest BCUT2D eigenvalue weighted by atomic mass is 9.83. The Bertz CT molecular complexity index is 1670. The van der Waals surface area contributed by atoms with Crippen LogP contribution in [0.5, 0.6) is 0 Å². The summed E-state index contributed by atoms with van der Waals surface area (Å²) in [7, 11) is 0. The maximum absolute atomic E-state index is 13.8. The maximum atomic E-state index is 13.8. The molecule has 0 bridgehead atoms. The van der Waals surface area contributed by atoms with Crippen molar-refractivity contribution in [3.63, 3.8) is 0 Å². The summed E-state index contributed by atoms with van der Waals surface area (Å²) in [5.74, 6) is -0.459. The molecule has 4 nitrogen and oxygen atoms in total. The Kier molecular flexibility index (Phi) is 10.9. The molecule has 0 heterocycles. The fraction of sp³-hybridized carbons (Fsp3) is 0.343. The standard InChI is InChI=1S/C35H35F3N2O2S/c1-7-9-12-15-42-33(41)27-13-10-11-14-29(27)43-30-19-26(34(4,5)6)18-23-17-24(20-39)28(21-40)31(32(23)30)22(3)16-25(8-2)35(36,37)38/h8,10-11,13-14,16-19H,7,9,12,15H2,1-6H3/b22-16+,25-8+. The first-order chi connectivity index (χ1) is 20.3. The third-order valence-electron chi connectivity index (χ3n) is 7.01. The van der Waals surface area contributed by atoms with E-state index in [0.717, 1.165) is 37.0 Å². The molecule has 43 heavy (non-hydrogen) atoms. The van der Waals surface area contributed by atoms with Crippen molar-refractivity contribution in [2.24, 2.45) is 0 Å². The van der Waals surface area contributed by atoms with Crippen LogP contribution in [0.15, 0.2) is 70.0 Å². The van der Waals surface area contributed by atoms with Gasteiger partial charge >= 0.3 is 12.1 Å². The van der Waals surface area contributed by atoms with Crippen LogP contribution in [0.1, 0.15) is 93.4 Å². The highest BCUT2D eigenvalue weighted by Crippen LogP contribution is 2.44. The number of alkyl halides is 3. The monoisotopic (exact) mass is 604 g/mol. The van der Waals surface area contributed by atoms with Crippen LogP contribution in [-0.4, -0.2) is 18.8 Å². The second kappa shape index (κ2) is 14.0. The zero-order valence-electron chi connectivity index (χ0n) is 25.3. The van der Waals surface area contributed by atoms with Crippen LogP contribution >= 0.6 is 11.8 Å². The minimum absolute atomic E-state index is 0.00430. The highest BCUT2D eigenvalue weighted by molar-refractivity contribution is 7.99. The average molecular weight is 605 g/mol. The van der Waals surface area contributed by atoms with Crippen LogP contribution < -0.4 is 0 Å². The summed E-state index contributed by atoms with van der Waals surface area (Å²) in [6.07, 6.45) is 0.0776. The predicted octanol–water partition coefficient (Wildman–Crippen LogP) is 10.3. The number of allylic oxidation sites excluding steroid dienone is 4. The Morgan fingerprint density at radius 2 is 1.72 bits per heavy atom. The zero-order chi connectivity index (χ0) is 31.9. The van der Waals surface area contributed by atoms with Gasteiger partial charge in [-0.2, -0.15) is 23.7 Å². The number of carbonyl (C=O) groups excluding carboxylic acids is 1. The number of hydrogen-bond donors (Lipinski definition) is 0. The summed E-state index contributed by atoms with van der Waals surface area (Å²) >= 11 is 1.28. The minimum Gasteiger partial charge on any atom is -0.462 e. The van der Waals surface area contributed by atoms with Gasteiger partial charge in [0, 0.05) is 20.7 Å². The SMILES string of the molecule is C/C=C(\C=C(/C)c1c(C#N)c(C#N)cc2cc(C(C)(C)C)cc(Sc3ccccc3C(=O)OCCCCC)c12)C(F)(F)F. The number of unbranched alkanes of at least 4 members (excludes halogenated alkanes) is 2. The van der Waals surface area contributed by atoms with E-state index in [4.69, 9.17) is 4.74 Å². The lowest BCUT2D eigenvalue weighted by molar-refractivity contribution is -0.0882. The number of nitrogens with zero attached hydrogens (tertiary/aromatic N) is 2. The van der Waals surface area contributed by atoms with E-state index in [1.165, 1.54) is 25.6 Å². The van der Waals surface area contributed by atoms with E-state index in [0.29, 0.717) is 32.7 Å². The van der Waals surface area contributed by atoms with Crippen molar-refractivity contribution in [2.45, 2.75) is 82.2 Å². The van der Waals surface area contributed by atoms with Gasteiger partial charge in [-0.3, -0.25) is 0 Å². The van der Waals surface area contributed by atoms with E-state index in [-0.39, 0.29) is 27.7 Å². The second-order valence-corrected chi connectivity index (χ2v) is 12.3. The largest absolute Gasteiger partial charge is 0.462 e. The fourth-order valence-corrected chi connectivity index (χ4v) is 5.84. The molecule has 0 atom stereocenters. The van der Waals surface area contributed by atoms with Crippen molar-refractivity contribution >= 4 is 34.1 Å². The molecular weight excluding hydrogens is 569 g/mol. The summed E-state index contributed by atoms with van der Waals surface area (Å²) in [4.78, 5) is 14.3. The number of halogens is 3. The number of esters is 1. The average Bonchev–Trinajstić information content (AvgIpc) is 2.95. The van der Waals surface area contributed by atoms with E-state index >= 15 is 0 Å². The summed E-state index contributed by atoms with van der Waals surface area (Å²) in [5, 5.41) is 21.2. The molecule has 0 fully saturated rings. The van der Waals surface area contributed by atoms with Crippen LogP contribution in [0.25, 0.3) is 16.3 Å². The van der Waals surface area contributed by atoms with Gasteiger partial charge in [-0.05, 0) is 72.5 Å².